The number of alkyl halides is 3. The molecular weight excluding hydrogens is 463 g/mol. The van der Waals surface area contributed by atoms with Crippen molar-refractivity contribution >= 4 is 34.0 Å². The molecule has 0 radical (unpaired) electrons. The van der Waals surface area contributed by atoms with Gasteiger partial charge in [-0.2, -0.15) is 0 Å². The number of aliphatic hydroxyl groups excluding tert-OH is 1. The summed E-state index contributed by atoms with van der Waals surface area (Å²) in [7, 11) is 0. The highest BCUT2D eigenvalue weighted by molar-refractivity contribution is 6.51. The molecule has 7 nitrogen and oxygen atoms in total. The summed E-state index contributed by atoms with van der Waals surface area (Å²) in [5, 5.41) is 11.9. The zero-order valence-electron chi connectivity index (χ0n) is 17.8. The van der Waals surface area contributed by atoms with Crippen molar-refractivity contribution in [1.82, 2.24) is 9.97 Å². The molecule has 5 rings (SSSR count). The van der Waals surface area contributed by atoms with Crippen LogP contribution in [0, 0.1) is 0 Å². The summed E-state index contributed by atoms with van der Waals surface area (Å²) < 4.78 is 41.5. The predicted octanol–water partition coefficient (Wildman–Crippen LogP) is 5.09. The number of rotatable bonds is 4. The summed E-state index contributed by atoms with van der Waals surface area (Å²) in [4.78, 5) is 34.5. The minimum atomic E-state index is -4.87. The van der Waals surface area contributed by atoms with Crippen molar-refractivity contribution < 1.29 is 32.6 Å². The molecule has 1 aliphatic rings. The van der Waals surface area contributed by atoms with Gasteiger partial charge in [0.15, 0.2) is 0 Å². The zero-order valence-corrected chi connectivity index (χ0v) is 17.8. The molecule has 2 aromatic carbocycles. The third-order valence-corrected chi connectivity index (χ3v) is 5.64. The lowest BCUT2D eigenvalue weighted by Gasteiger charge is -2.25. The number of carbonyl (C=O) groups excluding carboxylic acids is 2. The van der Waals surface area contributed by atoms with Gasteiger partial charge in [-0.25, -0.2) is 0 Å². The van der Waals surface area contributed by atoms with Gasteiger partial charge in [-0.3, -0.25) is 19.5 Å². The molecule has 2 N–H and O–H groups in total. The Balaban J connectivity index is 1.65. The van der Waals surface area contributed by atoms with Crippen LogP contribution in [0.3, 0.4) is 0 Å². The van der Waals surface area contributed by atoms with Crippen LogP contribution in [0.1, 0.15) is 17.2 Å². The second-order valence-electron chi connectivity index (χ2n) is 7.75. The van der Waals surface area contributed by atoms with Crippen LogP contribution < -0.4 is 9.64 Å². The number of H-pyrrole nitrogens is 1. The van der Waals surface area contributed by atoms with E-state index in [1.807, 2.05) is 6.07 Å². The molecule has 1 amide bonds. The highest BCUT2D eigenvalue weighted by Crippen LogP contribution is 2.43. The van der Waals surface area contributed by atoms with Crippen LogP contribution in [0.5, 0.6) is 5.75 Å². The molecule has 1 fully saturated rings. The summed E-state index contributed by atoms with van der Waals surface area (Å²) in [5.41, 5.74) is 1.48. The number of fused-ring (bicyclic) bond motifs is 1. The molecule has 1 saturated heterocycles. The molecule has 1 unspecified atom stereocenters. The number of nitrogens with zero attached hydrogens (tertiary/aromatic N) is 2. The Kier molecular flexibility index (Phi) is 5.28. The normalized spacial score (nSPS) is 17.8. The number of para-hydroxylation sites is 1. The number of ketones is 1. The summed E-state index contributed by atoms with van der Waals surface area (Å²) in [5.74, 6) is -2.73. The molecular formula is C25H16F3N3O4. The van der Waals surface area contributed by atoms with Crippen molar-refractivity contribution in [3.8, 4) is 5.75 Å². The molecule has 35 heavy (non-hydrogen) atoms. The van der Waals surface area contributed by atoms with Crippen molar-refractivity contribution in [2.75, 3.05) is 4.90 Å². The van der Waals surface area contributed by atoms with E-state index in [-0.39, 0.29) is 17.0 Å². The number of aliphatic hydroxyl groups is 1. The van der Waals surface area contributed by atoms with Gasteiger partial charge in [-0.15, -0.1) is 13.2 Å². The number of Topliss-reactive ketones (excluding diaryl/α,β-unsaturated/α-hetero) is 1. The Morgan fingerprint density at radius 2 is 1.77 bits per heavy atom. The van der Waals surface area contributed by atoms with Crippen molar-refractivity contribution in [2.24, 2.45) is 0 Å². The lowest BCUT2D eigenvalue weighted by molar-refractivity contribution is -0.274. The molecule has 3 heterocycles. The molecule has 0 saturated carbocycles. The van der Waals surface area contributed by atoms with Crippen LogP contribution in [0.2, 0.25) is 0 Å². The molecule has 1 atom stereocenters. The van der Waals surface area contributed by atoms with Crippen molar-refractivity contribution in [3.05, 3.63) is 96.0 Å². The Labute approximate surface area is 196 Å². The first-order valence-electron chi connectivity index (χ1n) is 10.4. The Hall–Kier alpha value is -4.60. The first kappa shape index (κ1) is 22.2. The van der Waals surface area contributed by atoms with Crippen LogP contribution in [0.15, 0.2) is 84.8 Å². The van der Waals surface area contributed by atoms with Crippen LogP contribution in [0.25, 0.3) is 16.7 Å². The Morgan fingerprint density at radius 3 is 2.46 bits per heavy atom. The summed E-state index contributed by atoms with van der Waals surface area (Å²) in [6, 6.07) is 13.9. The SMILES string of the molecule is O=C1C(=O)N(c2ccc(OC(F)(F)F)cc2)C(c2cccnc2)/C1=C(/O)c1c[nH]c2ccccc12. The van der Waals surface area contributed by atoms with Crippen LogP contribution in [0.4, 0.5) is 18.9 Å². The Bertz CT molecular complexity index is 1460. The number of aromatic nitrogens is 2. The smallest absolute Gasteiger partial charge is 0.507 e. The first-order chi connectivity index (χ1) is 16.7. The number of halogens is 3. The van der Waals surface area contributed by atoms with E-state index < -0.39 is 29.8 Å². The first-order valence-corrected chi connectivity index (χ1v) is 10.4. The minimum Gasteiger partial charge on any atom is -0.507 e. The number of nitrogens with one attached hydrogen (secondary N) is 1. The lowest BCUT2D eigenvalue weighted by atomic mass is 9.96. The van der Waals surface area contributed by atoms with Gasteiger partial charge in [0.2, 0.25) is 0 Å². The molecule has 4 aromatic rings. The van der Waals surface area contributed by atoms with Crippen LogP contribution in [-0.4, -0.2) is 33.1 Å². The van der Waals surface area contributed by atoms with Gasteiger partial charge in [-0.05, 0) is 42.0 Å². The monoisotopic (exact) mass is 479 g/mol. The van der Waals surface area contributed by atoms with Gasteiger partial charge in [-0.1, -0.05) is 24.3 Å². The summed E-state index contributed by atoms with van der Waals surface area (Å²) in [6.07, 6.45) is -0.372. The number of hydrogen-bond donors (Lipinski definition) is 2. The highest BCUT2D eigenvalue weighted by atomic mass is 19.4. The van der Waals surface area contributed by atoms with E-state index in [0.717, 1.165) is 22.5 Å². The number of amides is 1. The largest absolute Gasteiger partial charge is 0.573 e. The minimum absolute atomic E-state index is 0.147. The van der Waals surface area contributed by atoms with E-state index >= 15 is 0 Å². The van der Waals surface area contributed by atoms with Gasteiger partial charge >= 0.3 is 6.36 Å². The van der Waals surface area contributed by atoms with Gasteiger partial charge < -0.3 is 14.8 Å². The van der Waals surface area contributed by atoms with E-state index in [1.165, 1.54) is 30.7 Å². The molecule has 0 aliphatic carbocycles. The van der Waals surface area contributed by atoms with Gasteiger partial charge in [0.1, 0.15) is 11.5 Å². The summed E-state index contributed by atoms with van der Waals surface area (Å²) in [6.45, 7) is 0. The number of benzene rings is 2. The van der Waals surface area contributed by atoms with Crippen molar-refractivity contribution in [1.29, 1.82) is 0 Å². The van der Waals surface area contributed by atoms with Gasteiger partial charge in [0.05, 0.1) is 11.6 Å². The second-order valence-corrected chi connectivity index (χ2v) is 7.75. The van der Waals surface area contributed by atoms with Crippen LogP contribution in [-0.2, 0) is 9.59 Å². The third kappa shape index (κ3) is 3.99. The maximum Gasteiger partial charge on any atom is 0.573 e. The van der Waals surface area contributed by atoms with E-state index in [2.05, 4.69) is 14.7 Å². The highest BCUT2D eigenvalue weighted by Gasteiger charge is 2.47. The molecule has 0 bridgehead atoms. The van der Waals surface area contributed by atoms with E-state index in [4.69, 9.17) is 0 Å². The number of anilines is 1. The fourth-order valence-electron chi connectivity index (χ4n) is 4.17. The Morgan fingerprint density at radius 1 is 1.03 bits per heavy atom. The van der Waals surface area contributed by atoms with Crippen molar-refractivity contribution in [2.45, 2.75) is 12.4 Å². The lowest BCUT2D eigenvalue weighted by Crippen LogP contribution is -2.29. The topological polar surface area (TPSA) is 95.5 Å². The molecule has 2 aromatic heterocycles. The quantitative estimate of drug-likeness (QED) is 0.242. The number of carbonyl (C=O) groups is 2. The maximum absolute atomic E-state index is 13.2. The fraction of sp³-hybridized carbons (Fsp3) is 0.0800. The number of pyridine rings is 1. The standard InChI is InChI=1S/C25H16F3N3O4/c26-25(27,28)35-16-9-7-15(8-10-16)31-21(14-4-3-11-29-12-14)20(23(33)24(31)34)22(32)18-13-30-19-6-2-1-5-17(18)19/h1-13,21,30,32H/b22-20-. The zero-order chi connectivity index (χ0) is 24.7. The summed E-state index contributed by atoms with van der Waals surface area (Å²) >= 11 is 0. The van der Waals surface area contributed by atoms with Gasteiger partial charge in [0.25, 0.3) is 11.7 Å². The average molecular weight is 479 g/mol. The molecule has 176 valence electrons. The van der Waals surface area contributed by atoms with Gasteiger partial charge in [0, 0.05) is 40.7 Å². The molecule has 10 heteroatoms. The third-order valence-electron chi connectivity index (χ3n) is 5.64. The second kappa shape index (κ2) is 8.32. The van der Waals surface area contributed by atoms with E-state index in [1.54, 1.807) is 30.3 Å². The maximum atomic E-state index is 13.2. The molecule has 0 spiro atoms. The average Bonchev–Trinajstić information content (AvgIpc) is 3.38. The predicted molar refractivity (Wildman–Crippen MR) is 120 cm³/mol. The van der Waals surface area contributed by atoms with Crippen molar-refractivity contribution in [3.63, 3.8) is 0 Å². The number of hydrogen-bond acceptors (Lipinski definition) is 5. The number of aromatic amines is 1. The van der Waals surface area contributed by atoms with Crippen LogP contribution >= 0.6 is 0 Å². The number of ether oxygens (including phenoxy) is 1. The van der Waals surface area contributed by atoms with E-state index in [9.17, 15) is 27.9 Å². The van der Waals surface area contributed by atoms with E-state index in [0.29, 0.717) is 16.5 Å². The fourth-order valence-corrected chi connectivity index (χ4v) is 4.17. The molecule has 1 aliphatic heterocycles.